The second-order valence-corrected chi connectivity index (χ2v) is 6.33. The van der Waals surface area contributed by atoms with Crippen LogP contribution in [-0.2, 0) is 4.79 Å². The zero-order valence-corrected chi connectivity index (χ0v) is 14.2. The first-order valence-electron chi connectivity index (χ1n) is 7.31. The van der Waals surface area contributed by atoms with Crippen molar-refractivity contribution in [3.05, 3.63) is 40.7 Å². The summed E-state index contributed by atoms with van der Waals surface area (Å²) in [5, 5.41) is 11.9. The Morgan fingerprint density at radius 3 is 2.75 bits per heavy atom. The Morgan fingerprint density at radius 2 is 2.12 bits per heavy atom. The summed E-state index contributed by atoms with van der Waals surface area (Å²) in [6.07, 6.45) is 1.82. The Labute approximate surface area is 142 Å². The molecule has 2 amide bonds. The number of nitrogens with zero attached hydrogens (tertiary/aromatic N) is 1. The van der Waals surface area contributed by atoms with E-state index in [1.807, 2.05) is 0 Å². The van der Waals surface area contributed by atoms with E-state index in [1.54, 1.807) is 32.2 Å². The maximum Gasteiger partial charge on any atom is 0.303 e. The third-order valence-corrected chi connectivity index (χ3v) is 4.47. The first kappa shape index (κ1) is 17.7. The summed E-state index contributed by atoms with van der Waals surface area (Å²) in [6.45, 7) is 2.15. The molecule has 24 heavy (non-hydrogen) atoms. The zero-order chi connectivity index (χ0) is 17.7. The summed E-state index contributed by atoms with van der Waals surface area (Å²) in [6, 6.07) is 4.90. The van der Waals surface area contributed by atoms with Gasteiger partial charge in [0.15, 0.2) is 5.76 Å². The lowest BCUT2D eigenvalue weighted by atomic mass is 10.2. The molecule has 2 aromatic rings. The topological polar surface area (TPSA) is 99.9 Å². The van der Waals surface area contributed by atoms with Gasteiger partial charge >= 0.3 is 5.97 Å². The number of anilines is 1. The molecular formula is C16H18N2O5S. The highest BCUT2D eigenvalue weighted by atomic mass is 32.1. The lowest BCUT2D eigenvalue weighted by Gasteiger charge is -2.16. The van der Waals surface area contributed by atoms with Crippen LogP contribution in [0.2, 0.25) is 0 Å². The number of carbonyl (C=O) groups is 3. The van der Waals surface area contributed by atoms with E-state index in [4.69, 9.17) is 9.52 Å². The van der Waals surface area contributed by atoms with Gasteiger partial charge in [-0.05, 0) is 37.1 Å². The predicted molar refractivity (Wildman–Crippen MR) is 89.5 cm³/mol. The number of hydrogen-bond donors (Lipinski definition) is 2. The van der Waals surface area contributed by atoms with Crippen molar-refractivity contribution in [3.8, 4) is 0 Å². The minimum Gasteiger partial charge on any atom is -0.481 e. The molecule has 2 aromatic heterocycles. The number of furan rings is 1. The van der Waals surface area contributed by atoms with Gasteiger partial charge in [-0.3, -0.25) is 14.4 Å². The van der Waals surface area contributed by atoms with E-state index in [-0.39, 0.29) is 24.0 Å². The highest BCUT2D eigenvalue weighted by Gasteiger charge is 2.19. The number of carboxylic acid groups (broad SMARTS) is 1. The van der Waals surface area contributed by atoms with Crippen molar-refractivity contribution in [3.63, 3.8) is 0 Å². The van der Waals surface area contributed by atoms with Crippen LogP contribution in [0, 0.1) is 6.92 Å². The molecule has 2 N–H and O–H groups in total. The van der Waals surface area contributed by atoms with Crippen molar-refractivity contribution in [2.75, 3.05) is 18.9 Å². The fourth-order valence-electron chi connectivity index (χ4n) is 2.08. The van der Waals surface area contributed by atoms with E-state index in [2.05, 4.69) is 5.32 Å². The standard InChI is InChI=1S/C16H18N2O5S/c1-10-9-12(17-15(21)11-5-4-8-23-11)24-14(10)16(22)18(2)7-3-6-13(19)20/h4-5,8-9H,3,6-7H2,1-2H3,(H,17,21)(H,19,20). The molecule has 128 valence electrons. The summed E-state index contributed by atoms with van der Waals surface area (Å²) >= 11 is 1.18. The average Bonchev–Trinajstić information content (AvgIpc) is 3.15. The number of hydrogen-bond acceptors (Lipinski definition) is 5. The lowest BCUT2D eigenvalue weighted by Crippen LogP contribution is -2.27. The predicted octanol–water partition coefficient (Wildman–Crippen LogP) is 2.84. The first-order valence-corrected chi connectivity index (χ1v) is 8.12. The third-order valence-electron chi connectivity index (χ3n) is 3.32. The number of nitrogens with one attached hydrogen (secondary N) is 1. The normalized spacial score (nSPS) is 10.4. The first-order chi connectivity index (χ1) is 11.4. The summed E-state index contributed by atoms with van der Waals surface area (Å²) in [5.41, 5.74) is 0.754. The number of rotatable bonds is 7. The number of carbonyl (C=O) groups excluding carboxylic acids is 2. The van der Waals surface area contributed by atoms with Crippen LogP contribution in [0.15, 0.2) is 28.9 Å². The van der Waals surface area contributed by atoms with Crippen LogP contribution in [0.25, 0.3) is 0 Å². The molecule has 0 fully saturated rings. The number of carboxylic acids is 1. The van der Waals surface area contributed by atoms with Crippen LogP contribution in [0.4, 0.5) is 5.00 Å². The Morgan fingerprint density at radius 1 is 1.38 bits per heavy atom. The van der Waals surface area contributed by atoms with Crippen molar-refractivity contribution in [1.29, 1.82) is 0 Å². The van der Waals surface area contributed by atoms with E-state index >= 15 is 0 Å². The number of aliphatic carboxylic acids is 1. The monoisotopic (exact) mass is 350 g/mol. The Bertz CT molecular complexity index is 736. The SMILES string of the molecule is Cc1cc(NC(=O)c2ccco2)sc1C(=O)N(C)CCCC(=O)O. The molecule has 0 saturated heterocycles. The molecule has 0 aliphatic rings. The minimum atomic E-state index is -0.883. The molecule has 0 atom stereocenters. The summed E-state index contributed by atoms with van der Waals surface area (Å²) in [7, 11) is 1.63. The fraction of sp³-hybridized carbons (Fsp3) is 0.312. The highest BCUT2D eigenvalue weighted by Crippen LogP contribution is 2.28. The lowest BCUT2D eigenvalue weighted by molar-refractivity contribution is -0.137. The van der Waals surface area contributed by atoms with Crippen LogP contribution in [-0.4, -0.2) is 41.4 Å². The van der Waals surface area contributed by atoms with Crippen molar-refractivity contribution < 1.29 is 23.9 Å². The number of aryl methyl sites for hydroxylation is 1. The molecule has 0 unspecified atom stereocenters. The largest absolute Gasteiger partial charge is 0.481 e. The molecule has 0 bridgehead atoms. The molecule has 2 heterocycles. The van der Waals surface area contributed by atoms with Crippen LogP contribution in [0.5, 0.6) is 0 Å². The van der Waals surface area contributed by atoms with E-state index < -0.39 is 5.97 Å². The van der Waals surface area contributed by atoms with Crippen LogP contribution < -0.4 is 5.32 Å². The zero-order valence-electron chi connectivity index (χ0n) is 13.4. The summed E-state index contributed by atoms with van der Waals surface area (Å²) in [5.74, 6) is -1.26. The van der Waals surface area contributed by atoms with Crippen molar-refractivity contribution in [2.45, 2.75) is 19.8 Å². The smallest absolute Gasteiger partial charge is 0.303 e. The van der Waals surface area contributed by atoms with Crippen LogP contribution >= 0.6 is 11.3 Å². The molecule has 0 aromatic carbocycles. The van der Waals surface area contributed by atoms with E-state index in [0.29, 0.717) is 22.8 Å². The molecule has 2 rings (SSSR count). The summed E-state index contributed by atoms with van der Waals surface area (Å²) < 4.78 is 5.02. The van der Waals surface area contributed by atoms with Crippen LogP contribution in [0.3, 0.4) is 0 Å². The van der Waals surface area contributed by atoms with Crippen molar-refractivity contribution in [1.82, 2.24) is 4.90 Å². The van der Waals surface area contributed by atoms with Gasteiger partial charge in [-0.2, -0.15) is 0 Å². The second kappa shape index (κ2) is 7.78. The summed E-state index contributed by atoms with van der Waals surface area (Å²) in [4.78, 5) is 36.9. The van der Waals surface area contributed by atoms with Gasteiger partial charge in [0.05, 0.1) is 16.1 Å². The molecule has 0 spiro atoms. The van der Waals surface area contributed by atoms with Gasteiger partial charge in [0.1, 0.15) is 0 Å². The average molecular weight is 350 g/mol. The Hall–Kier alpha value is -2.61. The van der Waals surface area contributed by atoms with Crippen molar-refractivity contribution in [2.24, 2.45) is 0 Å². The molecule has 0 radical (unpaired) electrons. The maximum atomic E-state index is 12.4. The maximum absolute atomic E-state index is 12.4. The van der Waals surface area contributed by atoms with Gasteiger partial charge in [0.25, 0.3) is 11.8 Å². The Balaban J connectivity index is 2.01. The van der Waals surface area contributed by atoms with E-state index in [0.717, 1.165) is 5.56 Å². The van der Waals surface area contributed by atoms with Gasteiger partial charge in [0.2, 0.25) is 0 Å². The van der Waals surface area contributed by atoms with Gasteiger partial charge in [-0.25, -0.2) is 0 Å². The van der Waals surface area contributed by atoms with Gasteiger partial charge in [-0.1, -0.05) is 0 Å². The fourth-order valence-corrected chi connectivity index (χ4v) is 3.14. The highest BCUT2D eigenvalue weighted by molar-refractivity contribution is 7.18. The van der Waals surface area contributed by atoms with E-state index in [9.17, 15) is 14.4 Å². The van der Waals surface area contributed by atoms with Crippen LogP contribution in [0.1, 0.15) is 38.6 Å². The molecule has 0 saturated carbocycles. The number of thiophene rings is 1. The van der Waals surface area contributed by atoms with Gasteiger partial charge in [-0.15, -0.1) is 11.3 Å². The third kappa shape index (κ3) is 4.45. The molecule has 7 nitrogen and oxygen atoms in total. The molecule has 0 aliphatic carbocycles. The van der Waals surface area contributed by atoms with Gasteiger partial charge in [0, 0.05) is 20.0 Å². The Kier molecular flexibility index (Phi) is 5.75. The van der Waals surface area contributed by atoms with E-state index in [1.165, 1.54) is 22.5 Å². The quantitative estimate of drug-likeness (QED) is 0.800. The molecular weight excluding hydrogens is 332 g/mol. The molecule has 8 heteroatoms. The minimum absolute atomic E-state index is 0.0193. The van der Waals surface area contributed by atoms with Crippen molar-refractivity contribution >= 4 is 34.1 Å². The molecule has 0 aliphatic heterocycles. The number of amides is 2. The van der Waals surface area contributed by atoms with Gasteiger partial charge < -0.3 is 19.7 Å². The second-order valence-electron chi connectivity index (χ2n) is 5.28.